The molecule has 3 aromatic heterocycles. The average Bonchev–Trinajstić information content (AvgIpc) is 3.00. The molecule has 10 heteroatoms. The summed E-state index contributed by atoms with van der Waals surface area (Å²) in [5, 5.41) is 10.8. The van der Waals surface area contributed by atoms with Crippen LogP contribution in [0.5, 0.6) is 0 Å². The van der Waals surface area contributed by atoms with Crippen molar-refractivity contribution in [3.63, 3.8) is 0 Å². The van der Waals surface area contributed by atoms with Gasteiger partial charge in [-0.2, -0.15) is 8.42 Å². The van der Waals surface area contributed by atoms with E-state index in [1.807, 2.05) is 29.6 Å². The minimum absolute atomic E-state index is 0.160. The smallest absolute Gasteiger partial charge is 0.274 e. The van der Waals surface area contributed by atoms with Crippen molar-refractivity contribution in [2.45, 2.75) is 0 Å². The molecule has 8 nitrogen and oxygen atoms in total. The van der Waals surface area contributed by atoms with Gasteiger partial charge in [0, 0.05) is 19.3 Å². The Labute approximate surface area is 137 Å². The Hall–Kier alpha value is -2.14. The molecule has 23 heavy (non-hydrogen) atoms. The molecule has 3 rings (SSSR count). The molecule has 0 saturated carbocycles. The van der Waals surface area contributed by atoms with Crippen LogP contribution < -0.4 is 15.2 Å². The molecule has 3 aromatic rings. The van der Waals surface area contributed by atoms with E-state index in [4.69, 9.17) is 5.14 Å². The Balaban J connectivity index is 1.85. The third kappa shape index (κ3) is 3.99. The molecule has 0 bridgehead atoms. The molecule has 0 atom stereocenters. The molecule has 0 aliphatic carbocycles. The lowest BCUT2D eigenvalue weighted by Gasteiger charge is -2.09. The molecule has 0 unspecified atom stereocenters. The van der Waals surface area contributed by atoms with Crippen LogP contribution in [0.4, 0.5) is 5.82 Å². The van der Waals surface area contributed by atoms with E-state index in [1.54, 1.807) is 6.20 Å². The van der Waals surface area contributed by atoms with Gasteiger partial charge in [0.05, 0.1) is 5.39 Å². The van der Waals surface area contributed by atoms with Crippen molar-refractivity contribution in [3.8, 4) is 11.5 Å². The Morgan fingerprint density at radius 1 is 1.17 bits per heavy atom. The van der Waals surface area contributed by atoms with Gasteiger partial charge in [-0.1, -0.05) is 6.07 Å². The van der Waals surface area contributed by atoms with Gasteiger partial charge in [0.15, 0.2) is 5.82 Å². The van der Waals surface area contributed by atoms with Gasteiger partial charge in [-0.15, -0.1) is 11.3 Å². The number of rotatable bonds is 6. The van der Waals surface area contributed by atoms with E-state index in [1.165, 1.54) is 11.3 Å². The Kier molecular flexibility index (Phi) is 4.48. The zero-order chi connectivity index (χ0) is 16.3. The highest BCUT2D eigenvalue weighted by Gasteiger charge is 2.11. The largest absolute Gasteiger partial charge is 0.368 e. The lowest BCUT2D eigenvalue weighted by molar-refractivity contribution is 0.584. The van der Waals surface area contributed by atoms with Crippen molar-refractivity contribution < 1.29 is 8.42 Å². The standard InChI is InChI=1S/C13H14N6O2S2/c14-23(20,21)17-7-6-16-11-9-4-8-22-13(9)19-12(18-11)10-3-1-2-5-15-10/h1-5,8,17H,6-7H2,(H2,14,20,21)(H,16,18,19). The van der Waals surface area contributed by atoms with Gasteiger partial charge >= 0.3 is 0 Å². The summed E-state index contributed by atoms with van der Waals surface area (Å²) in [5.74, 6) is 1.15. The van der Waals surface area contributed by atoms with Crippen molar-refractivity contribution in [2.75, 3.05) is 18.4 Å². The topological polar surface area (TPSA) is 123 Å². The molecule has 120 valence electrons. The number of anilines is 1. The van der Waals surface area contributed by atoms with E-state index >= 15 is 0 Å². The van der Waals surface area contributed by atoms with E-state index in [9.17, 15) is 8.42 Å². The van der Waals surface area contributed by atoms with Crippen LogP contribution in [0.1, 0.15) is 0 Å². The molecule has 0 aliphatic rings. The molecule has 0 saturated heterocycles. The van der Waals surface area contributed by atoms with Crippen LogP contribution in [-0.4, -0.2) is 36.5 Å². The van der Waals surface area contributed by atoms with E-state index in [2.05, 4.69) is 25.0 Å². The van der Waals surface area contributed by atoms with Gasteiger partial charge < -0.3 is 5.32 Å². The fourth-order valence-corrected chi connectivity index (χ4v) is 3.12. The van der Waals surface area contributed by atoms with Crippen molar-refractivity contribution in [3.05, 3.63) is 35.8 Å². The van der Waals surface area contributed by atoms with Gasteiger partial charge in [0.25, 0.3) is 10.2 Å². The molecule has 0 aromatic carbocycles. The zero-order valence-electron chi connectivity index (χ0n) is 11.9. The predicted molar refractivity (Wildman–Crippen MR) is 90.2 cm³/mol. The van der Waals surface area contributed by atoms with Crippen molar-refractivity contribution in [1.82, 2.24) is 19.7 Å². The molecule has 0 spiro atoms. The molecule has 4 N–H and O–H groups in total. The van der Waals surface area contributed by atoms with Crippen LogP contribution in [0.25, 0.3) is 21.7 Å². The lowest BCUT2D eigenvalue weighted by atomic mass is 10.3. The number of fused-ring (bicyclic) bond motifs is 1. The first kappa shape index (κ1) is 15.7. The summed E-state index contributed by atoms with van der Waals surface area (Å²) in [6.07, 6.45) is 1.68. The van der Waals surface area contributed by atoms with E-state index in [0.29, 0.717) is 23.9 Å². The third-order valence-corrected chi connectivity index (χ3v) is 4.35. The van der Waals surface area contributed by atoms with E-state index in [0.717, 1.165) is 10.2 Å². The summed E-state index contributed by atoms with van der Waals surface area (Å²) >= 11 is 1.50. The first-order valence-corrected chi connectivity index (χ1v) is 9.13. The summed E-state index contributed by atoms with van der Waals surface area (Å²) in [6.45, 7) is 0.507. The van der Waals surface area contributed by atoms with Gasteiger partial charge in [-0.05, 0) is 23.6 Å². The number of nitrogens with one attached hydrogen (secondary N) is 2. The zero-order valence-corrected chi connectivity index (χ0v) is 13.6. The Bertz CT molecular complexity index is 911. The maximum Gasteiger partial charge on any atom is 0.274 e. The van der Waals surface area contributed by atoms with Crippen LogP contribution in [-0.2, 0) is 10.2 Å². The molecule has 0 fully saturated rings. The summed E-state index contributed by atoms with van der Waals surface area (Å²) in [5.41, 5.74) is 0.675. The van der Waals surface area contributed by atoms with E-state index < -0.39 is 10.2 Å². The number of thiophene rings is 1. The van der Waals surface area contributed by atoms with Crippen molar-refractivity contribution in [2.24, 2.45) is 5.14 Å². The molecule has 3 heterocycles. The first-order valence-electron chi connectivity index (χ1n) is 6.71. The van der Waals surface area contributed by atoms with Crippen LogP contribution >= 0.6 is 11.3 Å². The summed E-state index contributed by atoms with van der Waals surface area (Å²) in [7, 11) is -3.69. The second kappa shape index (κ2) is 6.54. The highest BCUT2D eigenvalue weighted by molar-refractivity contribution is 7.87. The van der Waals surface area contributed by atoms with Gasteiger partial charge in [-0.3, -0.25) is 4.98 Å². The lowest BCUT2D eigenvalue weighted by Crippen LogP contribution is -2.34. The number of hydrogen-bond donors (Lipinski definition) is 3. The third-order valence-electron chi connectivity index (χ3n) is 2.94. The Morgan fingerprint density at radius 2 is 2.04 bits per heavy atom. The summed E-state index contributed by atoms with van der Waals surface area (Å²) in [6, 6.07) is 7.44. The van der Waals surface area contributed by atoms with Gasteiger partial charge in [0.2, 0.25) is 0 Å². The molecule has 0 aliphatic heterocycles. The molecular weight excluding hydrogens is 336 g/mol. The minimum Gasteiger partial charge on any atom is -0.368 e. The first-order chi connectivity index (χ1) is 11.0. The highest BCUT2D eigenvalue weighted by atomic mass is 32.2. The maximum absolute atomic E-state index is 10.9. The number of nitrogens with two attached hydrogens (primary N) is 1. The van der Waals surface area contributed by atoms with Crippen molar-refractivity contribution >= 4 is 37.6 Å². The van der Waals surface area contributed by atoms with E-state index in [-0.39, 0.29) is 6.54 Å². The second-order valence-electron chi connectivity index (χ2n) is 4.62. The van der Waals surface area contributed by atoms with Crippen LogP contribution in [0.15, 0.2) is 35.8 Å². The normalized spacial score (nSPS) is 11.7. The van der Waals surface area contributed by atoms with Gasteiger partial charge in [0.1, 0.15) is 16.3 Å². The van der Waals surface area contributed by atoms with Crippen LogP contribution in [0, 0.1) is 0 Å². The molecule has 0 amide bonds. The summed E-state index contributed by atoms with van der Waals surface area (Å²) < 4.78 is 23.9. The van der Waals surface area contributed by atoms with Crippen molar-refractivity contribution in [1.29, 1.82) is 0 Å². The minimum atomic E-state index is -3.69. The quantitative estimate of drug-likeness (QED) is 0.569. The second-order valence-corrected chi connectivity index (χ2v) is 6.89. The fraction of sp³-hybridized carbons (Fsp3) is 0.154. The summed E-state index contributed by atoms with van der Waals surface area (Å²) in [4.78, 5) is 14.1. The monoisotopic (exact) mass is 350 g/mol. The van der Waals surface area contributed by atoms with Gasteiger partial charge in [-0.25, -0.2) is 19.8 Å². The Morgan fingerprint density at radius 3 is 2.78 bits per heavy atom. The predicted octanol–water partition coefficient (Wildman–Crippen LogP) is 0.958. The highest BCUT2D eigenvalue weighted by Crippen LogP contribution is 2.27. The average molecular weight is 350 g/mol. The molecule has 0 radical (unpaired) electrons. The fourth-order valence-electron chi connectivity index (χ4n) is 1.97. The maximum atomic E-state index is 10.9. The number of pyridine rings is 1. The number of aromatic nitrogens is 3. The number of nitrogens with zero attached hydrogens (tertiary/aromatic N) is 3. The van der Waals surface area contributed by atoms with Crippen LogP contribution in [0.3, 0.4) is 0 Å². The SMILES string of the molecule is NS(=O)(=O)NCCNc1nc(-c2ccccn2)nc2sccc12. The van der Waals surface area contributed by atoms with Crippen LogP contribution in [0.2, 0.25) is 0 Å². The number of hydrogen-bond acceptors (Lipinski definition) is 7. The molecular formula is C13H14N6O2S2.